The number of alkyl halides is 3. The van der Waals surface area contributed by atoms with Gasteiger partial charge in [0.15, 0.2) is 0 Å². The second-order valence-corrected chi connectivity index (χ2v) is 4.78. The molecule has 0 bridgehead atoms. The van der Waals surface area contributed by atoms with Gasteiger partial charge in [-0.1, -0.05) is 20.8 Å². The van der Waals surface area contributed by atoms with Crippen molar-refractivity contribution in [3.63, 3.8) is 0 Å². The maximum atomic E-state index is 13.1. The number of rotatable bonds is 2. The predicted molar refractivity (Wildman–Crippen MR) is 54.6 cm³/mol. The van der Waals surface area contributed by atoms with Gasteiger partial charge in [-0.15, -0.1) is 0 Å². The highest BCUT2D eigenvalue weighted by Gasteiger charge is 2.58. The molecule has 0 radical (unpaired) electrons. The molecular weight excluding hydrogens is 203 g/mol. The molecule has 15 heavy (non-hydrogen) atoms. The normalized spacial score (nSPS) is 38.0. The van der Waals surface area contributed by atoms with Gasteiger partial charge >= 0.3 is 6.18 Å². The van der Waals surface area contributed by atoms with E-state index in [4.69, 9.17) is 0 Å². The van der Waals surface area contributed by atoms with E-state index < -0.39 is 11.7 Å². The third kappa shape index (κ3) is 2.30. The van der Waals surface area contributed by atoms with Crippen LogP contribution in [-0.2, 0) is 0 Å². The number of halogens is 3. The fourth-order valence-electron chi connectivity index (χ4n) is 2.74. The molecule has 0 saturated heterocycles. The van der Waals surface area contributed by atoms with Gasteiger partial charge in [-0.2, -0.15) is 13.2 Å². The summed E-state index contributed by atoms with van der Waals surface area (Å²) in [5.74, 6) is 0.0790. The Balaban J connectivity index is 2.90. The third-order valence-electron chi connectivity index (χ3n) is 3.63. The zero-order chi connectivity index (χ0) is 11.7. The van der Waals surface area contributed by atoms with Gasteiger partial charge in [0.2, 0.25) is 0 Å². The van der Waals surface area contributed by atoms with Gasteiger partial charge in [0.25, 0.3) is 0 Å². The van der Waals surface area contributed by atoms with Crippen LogP contribution in [0.15, 0.2) is 0 Å². The second kappa shape index (κ2) is 4.32. The minimum Gasteiger partial charge on any atom is -0.304 e. The predicted octanol–water partition coefficient (Wildman–Crippen LogP) is 3.35. The van der Waals surface area contributed by atoms with Gasteiger partial charge in [0.05, 0.1) is 0 Å². The van der Waals surface area contributed by atoms with Crippen molar-refractivity contribution < 1.29 is 13.2 Å². The molecule has 1 rings (SSSR count). The van der Waals surface area contributed by atoms with E-state index in [1.807, 2.05) is 6.92 Å². The molecule has 1 aliphatic carbocycles. The minimum absolute atomic E-state index is 0.215. The lowest BCUT2D eigenvalue weighted by Gasteiger charge is -2.46. The van der Waals surface area contributed by atoms with E-state index in [9.17, 15) is 13.2 Å². The van der Waals surface area contributed by atoms with Crippen LogP contribution in [0.5, 0.6) is 0 Å². The molecule has 1 nitrogen and oxygen atoms in total. The van der Waals surface area contributed by atoms with E-state index in [-0.39, 0.29) is 12.3 Å². The van der Waals surface area contributed by atoms with Crippen LogP contribution in [0, 0.1) is 11.8 Å². The summed E-state index contributed by atoms with van der Waals surface area (Å²) in [6.45, 7) is 5.85. The van der Waals surface area contributed by atoms with Crippen molar-refractivity contribution in [1.29, 1.82) is 0 Å². The highest BCUT2D eigenvalue weighted by Crippen LogP contribution is 2.46. The van der Waals surface area contributed by atoms with Crippen molar-refractivity contribution in [3.8, 4) is 0 Å². The Morgan fingerprint density at radius 2 is 1.93 bits per heavy atom. The molecular formula is C11H20F3N. The number of nitrogens with one attached hydrogen (secondary N) is 1. The summed E-state index contributed by atoms with van der Waals surface area (Å²) in [4.78, 5) is 0. The van der Waals surface area contributed by atoms with E-state index in [1.165, 1.54) is 0 Å². The smallest absolute Gasteiger partial charge is 0.304 e. The Hall–Kier alpha value is -0.250. The summed E-state index contributed by atoms with van der Waals surface area (Å²) in [5.41, 5.74) is -1.64. The fourth-order valence-corrected chi connectivity index (χ4v) is 2.74. The van der Waals surface area contributed by atoms with Crippen LogP contribution in [0.2, 0.25) is 0 Å². The van der Waals surface area contributed by atoms with Crippen LogP contribution in [0.3, 0.4) is 0 Å². The molecule has 1 saturated carbocycles. The summed E-state index contributed by atoms with van der Waals surface area (Å²) >= 11 is 0. The maximum absolute atomic E-state index is 13.1. The minimum atomic E-state index is -4.14. The summed E-state index contributed by atoms with van der Waals surface area (Å²) in [6, 6.07) is 0. The van der Waals surface area contributed by atoms with Crippen molar-refractivity contribution in [1.82, 2.24) is 5.32 Å². The van der Waals surface area contributed by atoms with Gasteiger partial charge in [-0.3, -0.25) is 0 Å². The maximum Gasteiger partial charge on any atom is 0.406 e. The van der Waals surface area contributed by atoms with Crippen molar-refractivity contribution in [2.24, 2.45) is 11.8 Å². The zero-order valence-electron chi connectivity index (χ0n) is 9.62. The van der Waals surface area contributed by atoms with Gasteiger partial charge in [0.1, 0.15) is 5.54 Å². The highest BCUT2D eigenvalue weighted by molar-refractivity contribution is 5.02. The standard InChI is InChI=1S/C11H20F3N/c1-4-15-10(11(12,13)14)6-5-8(2)7-9(10)3/h8-9,15H,4-7H2,1-3H3. The van der Waals surface area contributed by atoms with Crippen molar-refractivity contribution in [2.75, 3.05) is 6.54 Å². The quantitative estimate of drug-likeness (QED) is 0.757. The Bertz CT molecular complexity index is 214. The molecule has 3 atom stereocenters. The first kappa shape index (κ1) is 12.8. The Kier molecular flexibility index (Phi) is 3.69. The molecule has 4 heteroatoms. The first-order valence-corrected chi connectivity index (χ1v) is 5.65. The molecule has 0 spiro atoms. The Morgan fingerprint density at radius 1 is 1.33 bits per heavy atom. The lowest BCUT2D eigenvalue weighted by atomic mass is 9.69. The average Bonchev–Trinajstić information content (AvgIpc) is 2.08. The van der Waals surface area contributed by atoms with Gasteiger partial charge in [-0.05, 0) is 37.6 Å². The molecule has 90 valence electrons. The molecule has 0 aromatic rings. The Morgan fingerprint density at radius 3 is 2.33 bits per heavy atom. The molecule has 0 aromatic carbocycles. The van der Waals surface area contributed by atoms with Crippen LogP contribution in [0.1, 0.15) is 40.0 Å². The largest absolute Gasteiger partial charge is 0.406 e. The van der Waals surface area contributed by atoms with Crippen LogP contribution in [0.25, 0.3) is 0 Å². The zero-order valence-corrected chi connectivity index (χ0v) is 9.62. The van der Waals surface area contributed by atoms with Crippen LogP contribution < -0.4 is 5.32 Å². The molecule has 0 amide bonds. The van der Waals surface area contributed by atoms with E-state index in [0.29, 0.717) is 25.3 Å². The Labute approximate surface area is 89.4 Å². The summed E-state index contributed by atoms with van der Waals surface area (Å²) < 4.78 is 39.3. The second-order valence-electron chi connectivity index (χ2n) is 4.78. The molecule has 1 N–H and O–H groups in total. The summed E-state index contributed by atoms with van der Waals surface area (Å²) in [7, 11) is 0. The molecule has 0 aromatic heterocycles. The lowest BCUT2D eigenvalue weighted by Crippen LogP contribution is -2.62. The van der Waals surface area contributed by atoms with E-state index in [0.717, 1.165) is 0 Å². The number of hydrogen-bond donors (Lipinski definition) is 1. The van der Waals surface area contributed by atoms with Gasteiger partial charge in [-0.25, -0.2) is 0 Å². The molecule has 1 aliphatic rings. The van der Waals surface area contributed by atoms with Crippen molar-refractivity contribution >= 4 is 0 Å². The van der Waals surface area contributed by atoms with Crippen LogP contribution in [-0.4, -0.2) is 18.3 Å². The van der Waals surface area contributed by atoms with Crippen molar-refractivity contribution in [2.45, 2.75) is 51.7 Å². The summed E-state index contributed by atoms with van der Waals surface area (Å²) in [5, 5.41) is 2.68. The third-order valence-corrected chi connectivity index (χ3v) is 3.63. The van der Waals surface area contributed by atoms with Crippen LogP contribution >= 0.6 is 0 Å². The topological polar surface area (TPSA) is 12.0 Å². The molecule has 3 unspecified atom stereocenters. The van der Waals surface area contributed by atoms with E-state index in [2.05, 4.69) is 5.32 Å². The fraction of sp³-hybridized carbons (Fsp3) is 1.00. The van der Waals surface area contributed by atoms with Crippen LogP contribution in [0.4, 0.5) is 13.2 Å². The first-order valence-electron chi connectivity index (χ1n) is 5.65. The molecule has 0 aliphatic heterocycles. The van der Waals surface area contributed by atoms with Gasteiger partial charge < -0.3 is 5.32 Å². The van der Waals surface area contributed by atoms with Crippen molar-refractivity contribution in [3.05, 3.63) is 0 Å². The molecule has 0 heterocycles. The SMILES string of the molecule is CCNC1(C(F)(F)F)CCC(C)CC1C. The molecule has 1 fully saturated rings. The van der Waals surface area contributed by atoms with E-state index in [1.54, 1.807) is 13.8 Å². The number of hydrogen-bond acceptors (Lipinski definition) is 1. The van der Waals surface area contributed by atoms with E-state index >= 15 is 0 Å². The summed E-state index contributed by atoms with van der Waals surface area (Å²) in [6.07, 6.45) is -2.60. The average molecular weight is 223 g/mol. The lowest BCUT2D eigenvalue weighted by molar-refractivity contribution is -0.221. The first-order chi connectivity index (χ1) is 6.83. The highest BCUT2D eigenvalue weighted by atomic mass is 19.4. The van der Waals surface area contributed by atoms with Gasteiger partial charge in [0, 0.05) is 0 Å². The monoisotopic (exact) mass is 223 g/mol.